The van der Waals surface area contributed by atoms with E-state index in [9.17, 15) is 0 Å². The van der Waals surface area contributed by atoms with E-state index in [1.165, 1.54) is 87.8 Å². The first-order valence-corrected chi connectivity index (χ1v) is 17.5. The summed E-state index contributed by atoms with van der Waals surface area (Å²) in [6, 6.07) is 65.9. The van der Waals surface area contributed by atoms with Crippen LogP contribution in [0.15, 0.2) is 182 Å². The lowest BCUT2D eigenvalue weighted by Crippen LogP contribution is -1.93. The van der Waals surface area contributed by atoms with Crippen LogP contribution < -0.4 is 5.32 Å². The Morgan fingerprint density at radius 1 is 0.314 bits per heavy atom. The number of hydrogen-bond acceptors (Lipinski definition) is 1. The standard InChI is InChI=1S/C48H31N3/c1-4-13-44-38(8-1)39-9-2-5-14-45(39)50(44)37-27-20-32(21-28-37)31-16-23-35(24-17-31)49-36-25-18-33(19-26-36)34-22-29-47-43(30-34)42-12-7-11-41-40-10-3-6-15-46(40)51(47)48(41)42/h1-30,49H. The summed E-state index contributed by atoms with van der Waals surface area (Å²) < 4.78 is 4.79. The molecule has 0 saturated carbocycles. The Labute approximate surface area is 294 Å². The molecular formula is C48H31N3. The fourth-order valence-corrected chi connectivity index (χ4v) is 8.27. The van der Waals surface area contributed by atoms with Gasteiger partial charge in [-0.1, -0.05) is 115 Å². The van der Waals surface area contributed by atoms with Gasteiger partial charge in [0.05, 0.1) is 27.6 Å². The maximum Gasteiger partial charge on any atom is 0.0620 e. The lowest BCUT2D eigenvalue weighted by molar-refractivity contribution is 1.18. The molecule has 0 radical (unpaired) electrons. The minimum absolute atomic E-state index is 1.06. The summed E-state index contributed by atoms with van der Waals surface area (Å²) in [6.07, 6.45) is 0. The van der Waals surface area contributed by atoms with E-state index in [0.29, 0.717) is 0 Å². The molecule has 0 bridgehead atoms. The van der Waals surface area contributed by atoms with Crippen molar-refractivity contribution in [2.45, 2.75) is 0 Å². The number of fused-ring (bicyclic) bond motifs is 9. The third kappa shape index (κ3) is 4.25. The van der Waals surface area contributed by atoms with Crippen molar-refractivity contribution in [2.24, 2.45) is 0 Å². The van der Waals surface area contributed by atoms with E-state index >= 15 is 0 Å². The molecule has 3 aromatic heterocycles. The third-order valence-corrected chi connectivity index (χ3v) is 10.7. The van der Waals surface area contributed by atoms with Crippen molar-refractivity contribution in [3.05, 3.63) is 182 Å². The van der Waals surface area contributed by atoms with Crippen LogP contribution in [-0.2, 0) is 0 Å². The molecule has 0 aliphatic heterocycles. The Balaban J connectivity index is 0.844. The first kappa shape index (κ1) is 28.0. The van der Waals surface area contributed by atoms with Gasteiger partial charge in [-0.15, -0.1) is 0 Å². The van der Waals surface area contributed by atoms with Crippen molar-refractivity contribution >= 4 is 71.3 Å². The second-order valence-electron chi connectivity index (χ2n) is 13.5. The predicted molar refractivity (Wildman–Crippen MR) is 216 cm³/mol. The lowest BCUT2D eigenvalue weighted by Gasteiger charge is -2.11. The van der Waals surface area contributed by atoms with Crippen molar-refractivity contribution in [3.63, 3.8) is 0 Å². The Hall–Kier alpha value is -6.84. The van der Waals surface area contributed by atoms with Crippen LogP contribution in [0.4, 0.5) is 11.4 Å². The van der Waals surface area contributed by atoms with E-state index in [1.807, 2.05) is 0 Å². The summed E-state index contributed by atoms with van der Waals surface area (Å²) in [7, 11) is 0. The van der Waals surface area contributed by atoms with Crippen LogP contribution in [0, 0.1) is 0 Å². The Bertz CT molecular complexity index is 3020. The number of nitrogens with zero attached hydrogens (tertiary/aromatic N) is 2. The number of nitrogens with one attached hydrogen (secondary N) is 1. The van der Waals surface area contributed by atoms with Crippen molar-refractivity contribution in [3.8, 4) is 27.9 Å². The molecule has 0 aliphatic carbocycles. The number of benzene rings is 8. The van der Waals surface area contributed by atoms with Crippen LogP contribution in [0.5, 0.6) is 0 Å². The van der Waals surface area contributed by atoms with Crippen LogP contribution in [0.2, 0.25) is 0 Å². The molecule has 3 heteroatoms. The van der Waals surface area contributed by atoms with Crippen LogP contribution >= 0.6 is 0 Å². The normalized spacial score (nSPS) is 11.9. The van der Waals surface area contributed by atoms with E-state index in [2.05, 4.69) is 196 Å². The zero-order valence-corrected chi connectivity index (χ0v) is 27.7. The van der Waals surface area contributed by atoms with Crippen molar-refractivity contribution in [2.75, 3.05) is 5.32 Å². The molecule has 11 rings (SSSR count). The van der Waals surface area contributed by atoms with E-state index in [4.69, 9.17) is 0 Å². The highest BCUT2D eigenvalue weighted by Crippen LogP contribution is 2.40. The number of hydrogen-bond donors (Lipinski definition) is 1. The molecular weight excluding hydrogens is 619 g/mol. The molecule has 3 nitrogen and oxygen atoms in total. The van der Waals surface area contributed by atoms with Gasteiger partial charge in [-0.2, -0.15) is 0 Å². The van der Waals surface area contributed by atoms with E-state index in [-0.39, 0.29) is 0 Å². The average molecular weight is 650 g/mol. The monoisotopic (exact) mass is 649 g/mol. The first-order chi connectivity index (χ1) is 25.3. The minimum atomic E-state index is 1.06. The minimum Gasteiger partial charge on any atom is -0.356 e. The molecule has 0 fully saturated rings. The fourth-order valence-electron chi connectivity index (χ4n) is 8.27. The fraction of sp³-hybridized carbons (Fsp3) is 0. The number of anilines is 2. The molecule has 0 aliphatic rings. The quantitative estimate of drug-likeness (QED) is 0.197. The van der Waals surface area contributed by atoms with Crippen molar-refractivity contribution in [1.82, 2.24) is 8.97 Å². The van der Waals surface area contributed by atoms with Gasteiger partial charge >= 0.3 is 0 Å². The molecule has 238 valence electrons. The van der Waals surface area contributed by atoms with Gasteiger partial charge < -0.3 is 14.3 Å². The smallest absolute Gasteiger partial charge is 0.0620 e. The van der Waals surface area contributed by atoms with Crippen LogP contribution in [-0.4, -0.2) is 8.97 Å². The Morgan fingerprint density at radius 3 is 1.35 bits per heavy atom. The lowest BCUT2D eigenvalue weighted by atomic mass is 10.0. The van der Waals surface area contributed by atoms with Gasteiger partial charge in [0.15, 0.2) is 0 Å². The van der Waals surface area contributed by atoms with Gasteiger partial charge in [0.25, 0.3) is 0 Å². The Morgan fingerprint density at radius 2 is 0.745 bits per heavy atom. The molecule has 0 unspecified atom stereocenters. The SMILES string of the molecule is c1ccc2c(c1)c1ccccc1n2-c1ccc(-c2ccc(Nc3ccc(-c4ccc5c(c4)c4cccc6c7ccccc7n5c64)cc3)cc2)cc1. The second-order valence-corrected chi connectivity index (χ2v) is 13.5. The van der Waals surface area contributed by atoms with Crippen LogP contribution in [0.1, 0.15) is 0 Å². The second kappa shape index (κ2) is 10.8. The summed E-state index contributed by atoms with van der Waals surface area (Å²) in [5, 5.41) is 11.4. The van der Waals surface area contributed by atoms with Gasteiger partial charge in [0, 0.05) is 49.4 Å². The zero-order chi connectivity index (χ0) is 33.5. The summed E-state index contributed by atoms with van der Waals surface area (Å²) in [5.41, 5.74) is 14.4. The summed E-state index contributed by atoms with van der Waals surface area (Å²) in [4.78, 5) is 0. The van der Waals surface area contributed by atoms with Crippen molar-refractivity contribution < 1.29 is 0 Å². The maximum absolute atomic E-state index is 3.60. The molecule has 3 heterocycles. The van der Waals surface area contributed by atoms with E-state index < -0.39 is 0 Å². The van der Waals surface area contributed by atoms with Crippen LogP contribution in [0.3, 0.4) is 0 Å². The zero-order valence-electron chi connectivity index (χ0n) is 27.7. The topological polar surface area (TPSA) is 21.4 Å². The molecule has 1 N–H and O–H groups in total. The number of para-hydroxylation sites is 4. The predicted octanol–water partition coefficient (Wildman–Crippen LogP) is 13.0. The van der Waals surface area contributed by atoms with Crippen LogP contribution in [0.25, 0.3) is 87.8 Å². The molecule has 51 heavy (non-hydrogen) atoms. The highest BCUT2D eigenvalue weighted by Gasteiger charge is 2.17. The van der Waals surface area contributed by atoms with Gasteiger partial charge in [0.1, 0.15) is 0 Å². The molecule has 8 aromatic carbocycles. The van der Waals surface area contributed by atoms with Crippen molar-refractivity contribution in [1.29, 1.82) is 0 Å². The average Bonchev–Trinajstić information content (AvgIpc) is 3.84. The van der Waals surface area contributed by atoms with E-state index in [1.54, 1.807) is 0 Å². The highest BCUT2D eigenvalue weighted by molar-refractivity contribution is 6.23. The molecule has 0 atom stereocenters. The van der Waals surface area contributed by atoms with Gasteiger partial charge in [-0.05, 0) is 89.0 Å². The van der Waals surface area contributed by atoms with Gasteiger partial charge in [-0.25, -0.2) is 0 Å². The van der Waals surface area contributed by atoms with Gasteiger partial charge in [0.2, 0.25) is 0 Å². The summed E-state index contributed by atoms with van der Waals surface area (Å²) in [5.74, 6) is 0. The summed E-state index contributed by atoms with van der Waals surface area (Å²) >= 11 is 0. The molecule has 0 saturated heterocycles. The summed E-state index contributed by atoms with van der Waals surface area (Å²) in [6.45, 7) is 0. The maximum atomic E-state index is 3.60. The highest BCUT2D eigenvalue weighted by atomic mass is 15.0. The largest absolute Gasteiger partial charge is 0.356 e. The third-order valence-electron chi connectivity index (χ3n) is 10.7. The molecule has 0 amide bonds. The Kier molecular flexibility index (Phi) is 5.96. The molecule has 11 aromatic rings. The number of rotatable bonds is 5. The van der Waals surface area contributed by atoms with E-state index in [0.717, 1.165) is 11.4 Å². The first-order valence-electron chi connectivity index (χ1n) is 17.5. The number of aromatic nitrogens is 2. The molecule has 0 spiro atoms. The van der Waals surface area contributed by atoms with Gasteiger partial charge in [-0.3, -0.25) is 0 Å².